The van der Waals surface area contributed by atoms with Crippen LogP contribution in [0.25, 0.3) is 11.0 Å². The summed E-state index contributed by atoms with van der Waals surface area (Å²) in [5, 5.41) is 4.76. The molecule has 0 bridgehead atoms. The van der Waals surface area contributed by atoms with Gasteiger partial charge in [0, 0.05) is 6.04 Å². The second-order valence-corrected chi connectivity index (χ2v) is 6.86. The fourth-order valence-electron chi connectivity index (χ4n) is 2.47. The molecule has 0 unspecified atom stereocenters. The molecule has 1 fully saturated rings. The van der Waals surface area contributed by atoms with Crippen molar-refractivity contribution in [1.29, 1.82) is 0 Å². The van der Waals surface area contributed by atoms with E-state index >= 15 is 0 Å². The van der Waals surface area contributed by atoms with Crippen molar-refractivity contribution in [2.75, 3.05) is 12.9 Å². The number of nitrogens with zero attached hydrogens (tertiary/aromatic N) is 2. The van der Waals surface area contributed by atoms with Gasteiger partial charge in [-0.1, -0.05) is 12.1 Å². The molecular formula is C17H20N4O4S. The van der Waals surface area contributed by atoms with Crippen LogP contribution >= 0.6 is 11.8 Å². The predicted octanol–water partition coefficient (Wildman–Crippen LogP) is 1.43. The summed E-state index contributed by atoms with van der Waals surface area (Å²) in [4.78, 5) is 39.8. The number of aromatic nitrogens is 2. The fraction of sp³-hybridized carbons (Fsp3) is 0.412. The molecule has 1 aliphatic carbocycles. The number of carbonyl (C=O) groups excluding carboxylic acids is 3. The molecule has 1 aliphatic rings. The number of amides is 3. The number of nitrogens with one attached hydrogen (secondary N) is 2. The molecule has 2 aromatic rings. The van der Waals surface area contributed by atoms with Crippen molar-refractivity contribution in [1.82, 2.24) is 20.2 Å². The Hall–Kier alpha value is -2.55. The molecule has 1 saturated carbocycles. The lowest BCUT2D eigenvalue weighted by atomic mass is 10.3. The van der Waals surface area contributed by atoms with Crippen molar-refractivity contribution in [3.05, 3.63) is 30.1 Å². The zero-order valence-corrected chi connectivity index (χ0v) is 15.2. The minimum atomic E-state index is -0.656. The number of carbonyl (C=O) groups is 3. The van der Waals surface area contributed by atoms with Crippen molar-refractivity contribution >= 4 is 40.7 Å². The van der Waals surface area contributed by atoms with Crippen molar-refractivity contribution in [2.24, 2.45) is 0 Å². The highest BCUT2D eigenvalue weighted by Crippen LogP contribution is 2.19. The van der Waals surface area contributed by atoms with Gasteiger partial charge in [-0.05, 0) is 31.2 Å². The van der Waals surface area contributed by atoms with Gasteiger partial charge in [0.15, 0.2) is 6.61 Å². The molecule has 0 saturated heterocycles. The van der Waals surface area contributed by atoms with E-state index in [9.17, 15) is 14.4 Å². The number of imide groups is 1. The molecule has 1 heterocycles. The molecule has 1 aromatic carbocycles. The molecule has 138 valence electrons. The van der Waals surface area contributed by atoms with Crippen LogP contribution in [0.3, 0.4) is 0 Å². The number of imidazole rings is 1. The van der Waals surface area contributed by atoms with E-state index in [1.807, 2.05) is 30.5 Å². The second-order valence-electron chi connectivity index (χ2n) is 5.99. The molecule has 0 spiro atoms. The lowest BCUT2D eigenvalue weighted by Gasteiger charge is -2.09. The summed E-state index contributed by atoms with van der Waals surface area (Å²) >= 11 is 1.60. The van der Waals surface area contributed by atoms with E-state index in [0.717, 1.165) is 29.7 Å². The van der Waals surface area contributed by atoms with Gasteiger partial charge in [0.1, 0.15) is 12.4 Å². The summed E-state index contributed by atoms with van der Waals surface area (Å²) in [6.45, 7) is -0.542. The Balaban J connectivity index is 1.55. The second kappa shape index (κ2) is 8.22. The predicted molar refractivity (Wildman–Crippen MR) is 97.6 cm³/mol. The molecule has 1 aromatic heterocycles. The number of ether oxygens (including phenoxy) is 1. The van der Waals surface area contributed by atoms with Crippen LogP contribution in [0.2, 0.25) is 0 Å². The number of fused-ring (bicyclic) bond motifs is 1. The van der Waals surface area contributed by atoms with Crippen molar-refractivity contribution in [3.63, 3.8) is 0 Å². The van der Waals surface area contributed by atoms with Crippen LogP contribution in [-0.4, -0.2) is 46.4 Å². The molecule has 8 nitrogen and oxygen atoms in total. The summed E-state index contributed by atoms with van der Waals surface area (Å²) in [6, 6.07) is 7.12. The maximum Gasteiger partial charge on any atom is 0.326 e. The van der Waals surface area contributed by atoms with Gasteiger partial charge < -0.3 is 14.6 Å². The number of hydrogen-bond donors (Lipinski definition) is 2. The first-order valence-electron chi connectivity index (χ1n) is 8.26. The highest BCUT2D eigenvalue weighted by atomic mass is 32.2. The fourth-order valence-corrected chi connectivity index (χ4v) is 2.95. The van der Waals surface area contributed by atoms with Crippen molar-refractivity contribution in [2.45, 2.75) is 31.2 Å². The maximum atomic E-state index is 12.1. The number of urea groups is 1. The first-order chi connectivity index (χ1) is 12.6. The third-order valence-electron chi connectivity index (χ3n) is 3.82. The SMILES string of the molecule is CSCc1nc2ccccc2n1CC(=O)OCC(=O)NC(=O)NC1CC1. The zero-order chi connectivity index (χ0) is 18.5. The summed E-state index contributed by atoms with van der Waals surface area (Å²) in [6.07, 6.45) is 3.81. The summed E-state index contributed by atoms with van der Waals surface area (Å²) in [7, 11) is 0. The Bertz CT molecular complexity index is 831. The average molecular weight is 376 g/mol. The molecule has 2 N–H and O–H groups in total. The van der Waals surface area contributed by atoms with E-state index in [-0.39, 0.29) is 12.6 Å². The van der Waals surface area contributed by atoms with E-state index in [0.29, 0.717) is 5.75 Å². The van der Waals surface area contributed by atoms with Crippen LogP contribution in [0.15, 0.2) is 24.3 Å². The van der Waals surface area contributed by atoms with E-state index in [2.05, 4.69) is 15.6 Å². The number of benzene rings is 1. The normalized spacial score (nSPS) is 13.4. The Kier molecular flexibility index (Phi) is 5.77. The standard InChI is InChI=1S/C17H20N4O4S/c1-26-10-14-19-12-4-2-3-5-13(12)21(14)8-16(23)25-9-15(22)20-17(24)18-11-6-7-11/h2-5,11H,6-10H2,1H3,(H2,18,20,22,24). The zero-order valence-electron chi connectivity index (χ0n) is 14.4. The van der Waals surface area contributed by atoms with Gasteiger partial charge >= 0.3 is 12.0 Å². The van der Waals surface area contributed by atoms with Crippen LogP contribution in [-0.2, 0) is 26.6 Å². The molecule has 3 rings (SSSR count). The summed E-state index contributed by atoms with van der Waals surface area (Å²) in [5.41, 5.74) is 1.64. The van der Waals surface area contributed by atoms with Gasteiger partial charge in [-0.2, -0.15) is 11.8 Å². The summed E-state index contributed by atoms with van der Waals surface area (Å²) < 4.78 is 6.78. The van der Waals surface area contributed by atoms with Crippen molar-refractivity contribution in [3.8, 4) is 0 Å². The van der Waals surface area contributed by atoms with Crippen LogP contribution in [0.1, 0.15) is 18.7 Å². The Morgan fingerprint density at radius 2 is 2.08 bits per heavy atom. The Morgan fingerprint density at radius 1 is 1.31 bits per heavy atom. The molecule has 3 amide bonds. The van der Waals surface area contributed by atoms with E-state index < -0.39 is 24.5 Å². The first-order valence-corrected chi connectivity index (χ1v) is 9.65. The minimum absolute atomic E-state index is 0.0437. The highest BCUT2D eigenvalue weighted by molar-refractivity contribution is 7.97. The van der Waals surface area contributed by atoms with Crippen LogP contribution in [0.4, 0.5) is 4.79 Å². The van der Waals surface area contributed by atoms with Gasteiger partial charge in [-0.25, -0.2) is 9.78 Å². The molecule has 26 heavy (non-hydrogen) atoms. The van der Waals surface area contributed by atoms with E-state index in [1.54, 1.807) is 16.3 Å². The largest absolute Gasteiger partial charge is 0.454 e. The van der Waals surface area contributed by atoms with Gasteiger partial charge in [-0.15, -0.1) is 0 Å². The smallest absolute Gasteiger partial charge is 0.326 e. The highest BCUT2D eigenvalue weighted by Gasteiger charge is 2.24. The third kappa shape index (κ3) is 4.75. The molecule has 0 atom stereocenters. The van der Waals surface area contributed by atoms with Crippen LogP contribution < -0.4 is 10.6 Å². The number of hydrogen-bond acceptors (Lipinski definition) is 6. The lowest BCUT2D eigenvalue weighted by molar-refractivity contribution is -0.148. The van der Waals surface area contributed by atoms with Gasteiger partial charge in [0.25, 0.3) is 5.91 Å². The van der Waals surface area contributed by atoms with E-state index in [1.165, 1.54) is 0 Å². The quantitative estimate of drug-likeness (QED) is 0.709. The topological polar surface area (TPSA) is 102 Å². The average Bonchev–Trinajstić information content (AvgIpc) is 3.35. The Morgan fingerprint density at radius 3 is 2.81 bits per heavy atom. The van der Waals surface area contributed by atoms with Crippen molar-refractivity contribution < 1.29 is 19.1 Å². The molecular weight excluding hydrogens is 356 g/mol. The van der Waals surface area contributed by atoms with Gasteiger partial charge in [0.2, 0.25) is 0 Å². The third-order valence-corrected chi connectivity index (χ3v) is 4.37. The number of para-hydroxylation sites is 2. The monoisotopic (exact) mass is 376 g/mol. The first kappa shape index (κ1) is 18.2. The molecule has 0 aliphatic heterocycles. The minimum Gasteiger partial charge on any atom is -0.454 e. The van der Waals surface area contributed by atoms with Gasteiger partial charge in [-0.3, -0.25) is 14.9 Å². The van der Waals surface area contributed by atoms with Crippen LogP contribution in [0, 0.1) is 0 Å². The molecule has 9 heteroatoms. The van der Waals surface area contributed by atoms with Gasteiger partial charge in [0.05, 0.1) is 16.8 Å². The summed E-state index contributed by atoms with van der Waals surface area (Å²) in [5.74, 6) is 0.206. The number of thioether (sulfide) groups is 1. The molecule has 0 radical (unpaired) electrons. The van der Waals surface area contributed by atoms with E-state index in [4.69, 9.17) is 4.74 Å². The van der Waals surface area contributed by atoms with Crippen LogP contribution in [0.5, 0.6) is 0 Å². The number of rotatable bonds is 7. The number of esters is 1. The lowest BCUT2D eigenvalue weighted by Crippen LogP contribution is -2.42. The maximum absolute atomic E-state index is 12.1. The Labute approximate surface area is 154 Å².